The number of hydrogen-bond acceptors (Lipinski definition) is 5. The van der Waals surface area contributed by atoms with Gasteiger partial charge >= 0.3 is 5.97 Å². The van der Waals surface area contributed by atoms with Crippen molar-refractivity contribution in [3.05, 3.63) is 35.4 Å². The summed E-state index contributed by atoms with van der Waals surface area (Å²) < 4.78 is 11.4. The number of nitrogens with zero attached hydrogens (tertiary/aromatic N) is 2. The second kappa shape index (κ2) is 13.2. The summed E-state index contributed by atoms with van der Waals surface area (Å²) in [5.74, 6) is 6.52. The third-order valence-electron chi connectivity index (χ3n) is 7.04. The van der Waals surface area contributed by atoms with Gasteiger partial charge in [0.1, 0.15) is 6.10 Å². The van der Waals surface area contributed by atoms with Gasteiger partial charge in [0.05, 0.1) is 19.2 Å². The molecule has 1 aliphatic heterocycles. The molecule has 1 aromatic carbocycles. The molecule has 0 N–H and O–H groups in total. The van der Waals surface area contributed by atoms with Crippen LogP contribution in [-0.2, 0) is 20.4 Å². The van der Waals surface area contributed by atoms with E-state index >= 15 is 0 Å². The number of benzene rings is 1. The van der Waals surface area contributed by atoms with Gasteiger partial charge in [0.2, 0.25) is 5.91 Å². The Morgan fingerprint density at radius 1 is 1.17 bits per heavy atom. The van der Waals surface area contributed by atoms with Gasteiger partial charge in [-0.3, -0.25) is 9.80 Å². The van der Waals surface area contributed by atoms with Crippen molar-refractivity contribution >= 4 is 20.2 Å². The molecule has 1 aromatic rings. The first-order valence-corrected chi connectivity index (χ1v) is 15.8. The molecule has 1 heterocycles. The average Bonchev–Trinajstić information content (AvgIpc) is 3.15. The normalized spacial score (nSPS) is 15.6. The molecule has 2 rings (SSSR count). The van der Waals surface area contributed by atoms with Gasteiger partial charge in [-0.25, -0.2) is 9.80 Å². The molecular weight excluding hydrogens is 456 g/mol. The van der Waals surface area contributed by atoms with Crippen LogP contribution in [0.1, 0.15) is 75.7 Å². The van der Waals surface area contributed by atoms with Gasteiger partial charge in [0.15, 0.2) is 8.32 Å². The Balaban J connectivity index is 2.00. The van der Waals surface area contributed by atoms with Gasteiger partial charge < -0.3 is 9.16 Å². The molecule has 194 valence electrons. The van der Waals surface area contributed by atoms with Gasteiger partial charge in [0.25, 0.3) is 0 Å². The van der Waals surface area contributed by atoms with Crippen LogP contribution >= 0.6 is 0 Å². The summed E-state index contributed by atoms with van der Waals surface area (Å²) in [5.41, 5.74) is 1.60. The fourth-order valence-electron chi connectivity index (χ4n) is 3.75. The highest BCUT2D eigenvalue weighted by Crippen LogP contribution is 2.37. The van der Waals surface area contributed by atoms with E-state index in [1.807, 2.05) is 22.2 Å². The summed E-state index contributed by atoms with van der Waals surface area (Å²) in [5, 5.41) is 4.02. The summed E-state index contributed by atoms with van der Waals surface area (Å²) in [6, 6.07) is 7.35. The summed E-state index contributed by atoms with van der Waals surface area (Å²) in [7, 11) is -0.533. The van der Waals surface area contributed by atoms with Gasteiger partial charge in [0, 0.05) is 19.5 Å². The van der Waals surface area contributed by atoms with Crippen LogP contribution in [0.2, 0.25) is 18.1 Å². The van der Waals surface area contributed by atoms with Crippen LogP contribution in [0.5, 0.6) is 0 Å². The number of hydrazine groups is 1. The zero-order valence-corrected chi connectivity index (χ0v) is 23.8. The van der Waals surface area contributed by atoms with Crippen LogP contribution in [0.25, 0.3) is 0 Å². The number of amides is 1. The van der Waals surface area contributed by atoms with Crippen molar-refractivity contribution in [2.45, 2.75) is 90.5 Å². The fourth-order valence-corrected chi connectivity index (χ4v) is 4.99. The Hall–Kier alpha value is -2.14. The number of carbonyl (C=O) groups is 2. The maximum Gasteiger partial charge on any atom is 0.337 e. The van der Waals surface area contributed by atoms with E-state index in [1.165, 1.54) is 20.0 Å². The van der Waals surface area contributed by atoms with Crippen molar-refractivity contribution in [1.82, 2.24) is 10.0 Å². The molecule has 0 bridgehead atoms. The minimum atomic E-state index is -1.91. The van der Waals surface area contributed by atoms with Gasteiger partial charge in [-0.15, -0.1) is 0 Å². The second-order valence-corrected chi connectivity index (χ2v) is 15.5. The Kier molecular flexibility index (Phi) is 11.0. The van der Waals surface area contributed by atoms with Crippen molar-refractivity contribution < 1.29 is 18.8 Å². The molecule has 0 saturated carbocycles. The summed E-state index contributed by atoms with van der Waals surface area (Å²) in [4.78, 5) is 24.1. The average molecular weight is 501 g/mol. The molecule has 0 aliphatic carbocycles. The number of methoxy groups -OCH3 is 1. The van der Waals surface area contributed by atoms with Crippen molar-refractivity contribution in [3.8, 4) is 11.8 Å². The van der Waals surface area contributed by atoms with Crippen LogP contribution in [0, 0.1) is 11.8 Å². The van der Waals surface area contributed by atoms with Gasteiger partial charge in [-0.1, -0.05) is 64.5 Å². The van der Waals surface area contributed by atoms with Crippen molar-refractivity contribution in [2.24, 2.45) is 0 Å². The predicted molar refractivity (Wildman–Crippen MR) is 143 cm³/mol. The van der Waals surface area contributed by atoms with Crippen molar-refractivity contribution in [2.75, 3.05) is 26.7 Å². The van der Waals surface area contributed by atoms with Crippen LogP contribution in [0.3, 0.4) is 0 Å². The van der Waals surface area contributed by atoms with Crippen molar-refractivity contribution in [3.63, 3.8) is 0 Å². The van der Waals surface area contributed by atoms with Crippen LogP contribution in [0.15, 0.2) is 24.3 Å². The number of unbranched alkanes of at least 4 members (excludes halogenated alkanes) is 2. The molecule has 1 atom stereocenters. The summed E-state index contributed by atoms with van der Waals surface area (Å²) >= 11 is 0. The quantitative estimate of drug-likeness (QED) is 0.175. The first-order valence-electron chi connectivity index (χ1n) is 12.9. The molecule has 0 unspecified atom stereocenters. The summed E-state index contributed by atoms with van der Waals surface area (Å²) in [6.45, 7) is 15.3. The summed E-state index contributed by atoms with van der Waals surface area (Å²) in [6.07, 6.45) is 5.62. The molecule has 35 heavy (non-hydrogen) atoms. The molecule has 1 aliphatic rings. The Bertz CT molecular complexity index is 896. The van der Waals surface area contributed by atoms with Crippen LogP contribution in [0.4, 0.5) is 0 Å². The second-order valence-electron chi connectivity index (χ2n) is 10.8. The lowest BCUT2D eigenvalue weighted by Crippen LogP contribution is -2.43. The minimum absolute atomic E-state index is 0.0532. The monoisotopic (exact) mass is 500 g/mol. The minimum Gasteiger partial charge on any atom is -0.465 e. The van der Waals surface area contributed by atoms with E-state index < -0.39 is 8.32 Å². The van der Waals surface area contributed by atoms with Crippen LogP contribution < -0.4 is 0 Å². The largest absolute Gasteiger partial charge is 0.465 e. The van der Waals surface area contributed by atoms with E-state index in [-0.39, 0.29) is 23.0 Å². The third-order valence-corrected chi connectivity index (χ3v) is 11.5. The van der Waals surface area contributed by atoms with Crippen molar-refractivity contribution in [1.29, 1.82) is 0 Å². The highest BCUT2D eigenvalue weighted by Gasteiger charge is 2.38. The van der Waals surface area contributed by atoms with Gasteiger partial charge in [-0.05, 0) is 55.1 Å². The SMILES string of the molecule is CCCCC[C@@H](C#CCN1CCC(=O)N1CCc1ccc(C(=O)OC)cc1)O[Si](C)(C)C(C)(C)C. The smallest absolute Gasteiger partial charge is 0.337 e. The van der Waals surface area contributed by atoms with E-state index in [1.54, 1.807) is 12.1 Å². The molecule has 7 heteroatoms. The molecule has 1 fully saturated rings. The Morgan fingerprint density at radius 3 is 2.46 bits per heavy atom. The van der Waals surface area contributed by atoms with E-state index in [9.17, 15) is 9.59 Å². The maximum absolute atomic E-state index is 12.5. The fraction of sp³-hybridized carbons (Fsp3) is 0.643. The molecule has 1 amide bonds. The lowest BCUT2D eigenvalue weighted by atomic mass is 10.1. The lowest BCUT2D eigenvalue weighted by Gasteiger charge is -2.38. The lowest BCUT2D eigenvalue weighted by molar-refractivity contribution is -0.137. The first kappa shape index (κ1) is 29.1. The molecule has 1 saturated heterocycles. The zero-order chi connectivity index (χ0) is 26.1. The van der Waals surface area contributed by atoms with Crippen LogP contribution in [-0.4, -0.2) is 63.1 Å². The number of esters is 1. The molecule has 6 nitrogen and oxygen atoms in total. The molecule has 0 aromatic heterocycles. The maximum atomic E-state index is 12.5. The predicted octanol–water partition coefficient (Wildman–Crippen LogP) is 5.44. The number of ether oxygens (including phenoxy) is 1. The first-order chi connectivity index (χ1) is 16.5. The van der Waals surface area contributed by atoms with E-state index in [2.05, 4.69) is 52.6 Å². The standard InChI is InChI=1S/C28H44N2O4Si/c1-8-9-10-12-25(34-35(6,7)28(2,3)4)13-11-20-29-21-19-26(31)30(29)22-18-23-14-16-24(17-15-23)27(32)33-5/h14-17,25H,8-10,12,18-22H2,1-7H3/t25-/m0/s1. The van der Waals surface area contributed by atoms with E-state index in [0.717, 1.165) is 18.4 Å². The number of carbonyl (C=O) groups excluding carboxylic acids is 2. The number of hydrogen-bond donors (Lipinski definition) is 0. The third kappa shape index (κ3) is 8.78. The zero-order valence-electron chi connectivity index (χ0n) is 22.8. The highest BCUT2D eigenvalue weighted by atomic mass is 28.4. The molecule has 0 spiro atoms. The topological polar surface area (TPSA) is 59.1 Å². The van der Waals surface area contributed by atoms with Gasteiger partial charge in [-0.2, -0.15) is 0 Å². The Labute approximate surface area is 213 Å². The molecule has 0 radical (unpaired) electrons. The highest BCUT2D eigenvalue weighted by molar-refractivity contribution is 6.74. The Morgan fingerprint density at radius 2 is 1.86 bits per heavy atom. The molecular formula is C28H44N2O4Si. The number of rotatable bonds is 11. The van der Waals surface area contributed by atoms with E-state index in [0.29, 0.717) is 38.0 Å². The van der Waals surface area contributed by atoms with E-state index in [4.69, 9.17) is 9.16 Å².